The molecule has 0 aromatic heterocycles. The van der Waals surface area contributed by atoms with Crippen LogP contribution in [-0.2, 0) is 0 Å². The van der Waals surface area contributed by atoms with Gasteiger partial charge in [-0.2, -0.15) is 0 Å². The van der Waals surface area contributed by atoms with Crippen molar-refractivity contribution in [1.29, 1.82) is 0 Å². The van der Waals surface area contributed by atoms with Gasteiger partial charge < -0.3 is 9.47 Å². The van der Waals surface area contributed by atoms with Crippen LogP contribution in [0.1, 0.15) is 5.56 Å². The summed E-state index contributed by atoms with van der Waals surface area (Å²) < 4.78 is 10.8. The molecule has 17 heavy (non-hydrogen) atoms. The molecule has 0 unspecified atom stereocenters. The Kier molecular flexibility index (Phi) is 3.55. The van der Waals surface area contributed by atoms with Gasteiger partial charge in [0.05, 0.1) is 7.11 Å². The van der Waals surface area contributed by atoms with Crippen molar-refractivity contribution < 1.29 is 9.47 Å². The van der Waals surface area contributed by atoms with E-state index >= 15 is 0 Å². The van der Waals surface area contributed by atoms with Crippen LogP contribution in [-0.4, -0.2) is 7.11 Å². The van der Waals surface area contributed by atoms with Crippen LogP contribution in [0.15, 0.2) is 42.5 Å². The molecule has 0 spiro atoms. The lowest BCUT2D eigenvalue weighted by molar-refractivity contribution is 0.413. The molecule has 0 aliphatic rings. The van der Waals surface area contributed by atoms with Crippen molar-refractivity contribution in [3.05, 3.63) is 53.1 Å². The molecule has 0 saturated carbocycles. The van der Waals surface area contributed by atoms with Crippen LogP contribution >= 0.6 is 11.6 Å². The Morgan fingerprint density at radius 2 is 1.53 bits per heavy atom. The Balaban J connectivity index is 2.19. The number of halogens is 1. The molecule has 3 heteroatoms. The Labute approximate surface area is 106 Å². The van der Waals surface area contributed by atoms with Crippen LogP contribution in [0, 0.1) is 6.92 Å². The topological polar surface area (TPSA) is 18.5 Å². The first-order chi connectivity index (χ1) is 8.17. The molecular formula is C14H13ClO2. The lowest BCUT2D eigenvalue weighted by Crippen LogP contribution is -1.86. The third-order valence-corrected chi connectivity index (χ3v) is 2.53. The Morgan fingerprint density at radius 1 is 0.882 bits per heavy atom. The van der Waals surface area contributed by atoms with E-state index in [-0.39, 0.29) is 0 Å². The maximum atomic E-state index is 5.96. The van der Waals surface area contributed by atoms with Crippen LogP contribution in [0.3, 0.4) is 0 Å². The summed E-state index contributed by atoms with van der Waals surface area (Å²) in [5.41, 5.74) is 1.07. The summed E-state index contributed by atoms with van der Waals surface area (Å²) >= 11 is 5.96. The second-order valence-electron chi connectivity index (χ2n) is 3.74. The fourth-order valence-corrected chi connectivity index (χ4v) is 1.82. The van der Waals surface area contributed by atoms with E-state index in [2.05, 4.69) is 0 Å². The number of benzene rings is 2. The summed E-state index contributed by atoms with van der Waals surface area (Å²) in [5, 5.41) is 0.675. The van der Waals surface area contributed by atoms with Crippen molar-refractivity contribution >= 4 is 11.6 Å². The summed E-state index contributed by atoms with van der Waals surface area (Å²) in [6, 6.07) is 13.0. The van der Waals surface area contributed by atoms with Gasteiger partial charge in [0, 0.05) is 5.02 Å². The molecule has 0 amide bonds. The first kappa shape index (κ1) is 11.8. The first-order valence-corrected chi connectivity index (χ1v) is 5.64. The minimum Gasteiger partial charge on any atom is -0.497 e. The molecule has 0 N–H and O–H groups in total. The van der Waals surface area contributed by atoms with Crippen molar-refractivity contribution in [3.8, 4) is 17.2 Å². The van der Waals surface area contributed by atoms with E-state index in [1.165, 1.54) is 0 Å². The second kappa shape index (κ2) is 5.11. The van der Waals surface area contributed by atoms with Gasteiger partial charge in [0.1, 0.15) is 17.2 Å². The molecule has 0 fully saturated rings. The number of aryl methyl sites for hydroxylation is 1. The molecule has 2 aromatic rings. The van der Waals surface area contributed by atoms with E-state index in [9.17, 15) is 0 Å². The molecule has 2 nitrogen and oxygen atoms in total. The summed E-state index contributed by atoms with van der Waals surface area (Å²) in [6.07, 6.45) is 0. The first-order valence-electron chi connectivity index (χ1n) is 5.26. The Hall–Kier alpha value is -1.67. The molecule has 0 bridgehead atoms. The number of hydrogen-bond donors (Lipinski definition) is 0. The van der Waals surface area contributed by atoms with E-state index in [1.54, 1.807) is 13.2 Å². The van der Waals surface area contributed by atoms with Crippen LogP contribution in [0.25, 0.3) is 0 Å². The molecular weight excluding hydrogens is 236 g/mol. The monoisotopic (exact) mass is 248 g/mol. The molecule has 0 radical (unpaired) electrons. The molecule has 88 valence electrons. The molecule has 0 atom stereocenters. The van der Waals surface area contributed by atoms with Crippen molar-refractivity contribution in [3.63, 3.8) is 0 Å². The predicted molar refractivity (Wildman–Crippen MR) is 69.3 cm³/mol. The zero-order valence-electron chi connectivity index (χ0n) is 9.74. The van der Waals surface area contributed by atoms with Gasteiger partial charge in [0.2, 0.25) is 0 Å². The summed E-state index contributed by atoms with van der Waals surface area (Å²) in [4.78, 5) is 0. The maximum absolute atomic E-state index is 5.96. The van der Waals surface area contributed by atoms with Crippen LogP contribution < -0.4 is 9.47 Å². The van der Waals surface area contributed by atoms with Crippen molar-refractivity contribution in [1.82, 2.24) is 0 Å². The highest BCUT2D eigenvalue weighted by Crippen LogP contribution is 2.27. The zero-order valence-corrected chi connectivity index (χ0v) is 10.5. The standard InChI is InChI=1S/C14H13ClO2/c1-10-7-11(15)9-14(8-10)17-13-5-3-12(16-2)4-6-13/h3-9H,1-2H3. The van der Waals surface area contributed by atoms with Gasteiger partial charge in [0.15, 0.2) is 0 Å². The van der Waals surface area contributed by atoms with Crippen LogP contribution in [0.4, 0.5) is 0 Å². The van der Waals surface area contributed by atoms with Gasteiger partial charge in [0.25, 0.3) is 0 Å². The van der Waals surface area contributed by atoms with Crippen LogP contribution in [0.2, 0.25) is 5.02 Å². The summed E-state index contributed by atoms with van der Waals surface area (Å²) in [6.45, 7) is 1.98. The van der Waals surface area contributed by atoms with Gasteiger partial charge >= 0.3 is 0 Å². The number of rotatable bonds is 3. The highest BCUT2D eigenvalue weighted by molar-refractivity contribution is 6.30. The van der Waals surface area contributed by atoms with E-state index in [0.29, 0.717) is 5.02 Å². The minimum absolute atomic E-state index is 0.675. The number of ether oxygens (including phenoxy) is 2. The highest BCUT2D eigenvalue weighted by Gasteiger charge is 2.00. The van der Waals surface area contributed by atoms with Crippen molar-refractivity contribution in [2.45, 2.75) is 6.92 Å². The number of hydrogen-bond acceptors (Lipinski definition) is 2. The smallest absolute Gasteiger partial charge is 0.129 e. The molecule has 0 aliphatic carbocycles. The molecule has 0 heterocycles. The molecule has 2 aromatic carbocycles. The van der Waals surface area contributed by atoms with E-state index < -0.39 is 0 Å². The van der Waals surface area contributed by atoms with E-state index in [4.69, 9.17) is 21.1 Å². The van der Waals surface area contributed by atoms with Crippen LogP contribution in [0.5, 0.6) is 17.2 Å². The summed E-state index contributed by atoms with van der Waals surface area (Å²) in [7, 11) is 1.64. The Morgan fingerprint density at radius 3 is 2.12 bits per heavy atom. The SMILES string of the molecule is COc1ccc(Oc2cc(C)cc(Cl)c2)cc1. The lowest BCUT2D eigenvalue weighted by Gasteiger charge is -2.07. The average molecular weight is 249 g/mol. The van der Waals surface area contributed by atoms with Crippen molar-refractivity contribution in [2.75, 3.05) is 7.11 Å². The fraction of sp³-hybridized carbons (Fsp3) is 0.143. The quantitative estimate of drug-likeness (QED) is 0.799. The second-order valence-corrected chi connectivity index (χ2v) is 4.18. The number of methoxy groups -OCH3 is 1. The zero-order chi connectivity index (χ0) is 12.3. The lowest BCUT2D eigenvalue weighted by atomic mass is 10.2. The largest absolute Gasteiger partial charge is 0.497 e. The molecule has 2 rings (SSSR count). The average Bonchev–Trinajstić information content (AvgIpc) is 2.28. The summed E-state index contributed by atoms with van der Waals surface area (Å²) in [5.74, 6) is 2.30. The van der Waals surface area contributed by atoms with Crippen molar-refractivity contribution in [2.24, 2.45) is 0 Å². The molecule has 0 aliphatic heterocycles. The normalized spacial score (nSPS) is 10.1. The predicted octanol–water partition coefficient (Wildman–Crippen LogP) is 4.45. The van der Waals surface area contributed by atoms with E-state index in [1.807, 2.05) is 43.3 Å². The Bertz CT molecular complexity index is 486. The fourth-order valence-electron chi connectivity index (χ4n) is 1.54. The van der Waals surface area contributed by atoms with Gasteiger partial charge in [-0.3, -0.25) is 0 Å². The minimum atomic E-state index is 0.675. The van der Waals surface area contributed by atoms with Gasteiger partial charge in [-0.1, -0.05) is 11.6 Å². The van der Waals surface area contributed by atoms with Gasteiger partial charge in [-0.05, 0) is 55.0 Å². The van der Waals surface area contributed by atoms with Gasteiger partial charge in [-0.15, -0.1) is 0 Å². The maximum Gasteiger partial charge on any atom is 0.129 e. The van der Waals surface area contributed by atoms with Gasteiger partial charge in [-0.25, -0.2) is 0 Å². The van der Waals surface area contributed by atoms with E-state index in [0.717, 1.165) is 22.8 Å². The highest BCUT2D eigenvalue weighted by atomic mass is 35.5. The molecule has 0 saturated heterocycles. The third kappa shape index (κ3) is 3.14. The third-order valence-electron chi connectivity index (χ3n) is 2.31.